The number of hydrogen-bond donors (Lipinski definition) is 3. The van der Waals surface area contributed by atoms with Crippen molar-refractivity contribution in [3.05, 3.63) is 60.7 Å². The van der Waals surface area contributed by atoms with Crippen molar-refractivity contribution in [3.63, 3.8) is 0 Å². The molecule has 8 nitrogen and oxygen atoms in total. The van der Waals surface area contributed by atoms with Crippen LogP contribution in [0.5, 0.6) is 5.88 Å². The molecule has 3 aliphatic rings. The minimum atomic E-state index is -0.683. The number of carboxylic acids is 1. The first-order valence-corrected chi connectivity index (χ1v) is 12.4. The highest BCUT2D eigenvalue weighted by atomic mass is 19.1. The highest BCUT2D eigenvalue weighted by Crippen LogP contribution is 2.53. The van der Waals surface area contributed by atoms with Crippen LogP contribution in [-0.4, -0.2) is 41.8 Å². The number of hydrogen-bond acceptors (Lipinski definition) is 5. The van der Waals surface area contributed by atoms with Gasteiger partial charge < -0.3 is 14.8 Å². The summed E-state index contributed by atoms with van der Waals surface area (Å²) in [6.45, 7) is 0. The lowest BCUT2D eigenvalue weighted by atomic mass is 9.58. The summed E-state index contributed by atoms with van der Waals surface area (Å²) in [4.78, 5) is 23.9. The summed E-state index contributed by atoms with van der Waals surface area (Å²) in [6.07, 6.45) is 7.53. The lowest BCUT2D eigenvalue weighted by Gasteiger charge is -2.50. The minimum absolute atomic E-state index is 0.338. The van der Waals surface area contributed by atoms with Gasteiger partial charge in [0.25, 0.3) is 0 Å². The summed E-state index contributed by atoms with van der Waals surface area (Å²) in [5, 5.41) is 17.5. The fourth-order valence-electron chi connectivity index (χ4n) is 5.92. The summed E-state index contributed by atoms with van der Waals surface area (Å²) in [5.74, 6) is -0.0845. The maximum Gasteiger partial charge on any atom is 0.309 e. The first kappa shape index (κ1) is 22.0. The van der Waals surface area contributed by atoms with Crippen LogP contribution in [0, 0.1) is 11.2 Å². The normalized spacial score (nSPS) is 23.1. The van der Waals surface area contributed by atoms with Gasteiger partial charge in [0.2, 0.25) is 5.88 Å². The van der Waals surface area contributed by atoms with E-state index in [-0.39, 0.29) is 11.4 Å². The van der Waals surface area contributed by atoms with Gasteiger partial charge in [-0.1, -0.05) is 6.07 Å². The third-order valence-electron chi connectivity index (χ3n) is 8.29. The second kappa shape index (κ2) is 7.86. The van der Waals surface area contributed by atoms with Crippen LogP contribution in [-0.2, 0) is 4.79 Å². The van der Waals surface area contributed by atoms with Crippen LogP contribution in [0.4, 0.5) is 4.39 Å². The Morgan fingerprint density at radius 1 is 0.946 bits per heavy atom. The molecule has 3 heterocycles. The maximum absolute atomic E-state index is 15.2. The second-order valence-corrected chi connectivity index (χ2v) is 10.4. The fraction of sp³-hybridized carbons (Fsp3) is 0.286. The number of ether oxygens (including phenoxy) is 1. The highest BCUT2D eigenvalue weighted by molar-refractivity contribution is 5.94. The third-order valence-corrected chi connectivity index (χ3v) is 8.29. The molecule has 8 rings (SSSR count). The van der Waals surface area contributed by atoms with E-state index < -0.39 is 11.4 Å². The molecule has 3 N–H and O–H groups in total. The molecule has 2 aromatic carbocycles. The number of fused-ring (bicyclic) bond motifs is 5. The summed E-state index contributed by atoms with van der Waals surface area (Å²) in [5.41, 5.74) is 3.39. The van der Waals surface area contributed by atoms with E-state index >= 15 is 4.39 Å². The molecule has 0 aliphatic heterocycles. The molecule has 0 unspecified atom stereocenters. The molecular formula is C28H24FN5O3. The van der Waals surface area contributed by atoms with Gasteiger partial charge in [0.15, 0.2) is 0 Å². The van der Waals surface area contributed by atoms with Crippen molar-refractivity contribution in [3.8, 4) is 28.4 Å². The lowest BCUT2D eigenvalue weighted by molar-refractivity contribution is -0.162. The largest absolute Gasteiger partial charge is 0.481 e. The van der Waals surface area contributed by atoms with Crippen LogP contribution in [0.3, 0.4) is 0 Å². The van der Waals surface area contributed by atoms with E-state index in [1.165, 1.54) is 6.07 Å². The Morgan fingerprint density at radius 3 is 2.43 bits per heavy atom. The zero-order valence-corrected chi connectivity index (χ0v) is 19.9. The molecule has 0 radical (unpaired) electrons. The maximum atomic E-state index is 15.2. The van der Waals surface area contributed by atoms with Crippen molar-refractivity contribution >= 4 is 27.9 Å². The first-order chi connectivity index (χ1) is 17.9. The molecule has 37 heavy (non-hydrogen) atoms. The lowest BCUT2D eigenvalue weighted by Crippen LogP contribution is -2.52. The molecule has 0 saturated heterocycles. The van der Waals surface area contributed by atoms with Crippen molar-refractivity contribution in [1.29, 1.82) is 0 Å². The average molecular weight is 498 g/mol. The van der Waals surface area contributed by atoms with Gasteiger partial charge in [-0.3, -0.25) is 9.89 Å². The van der Waals surface area contributed by atoms with Gasteiger partial charge in [0.05, 0.1) is 33.7 Å². The molecule has 5 aromatic rings. The number of aliphatic carboxylic acids is 1. The molecule has 3 aliphatic carbocycles. The van der Waals surface area contributed by atoms with Crippen LogP contribution in [0.2, 0.25) is 0 Å². The summed E-state index contributed by atoms with van der Waals surface area (Å²) in [6, 6.07) is 12.6. The zero-order valence-electron chi connectivity index (χ0n) is 19.9. The molecule has 2 bridgehead atoms. The smallest absolute Gasteiger partial charge is 0.309 e. The molecule has 186 valence electrons. The van der Waals surface area contributed by atoms with Crippen molar-refractivity contribution in [1.82, 2.24) is 25.1 Å². The third kappa shape index (κ3) is 3.56. The molecule has 3 aromatic heterocycles. The predicted octanol–water partition coefficient (Wildman–Crippen LogP) is 5.86. The Labute approximate surface area is 210 Å². The molecule has 3 saturated carbocycles. The van der Waals surface area contributed by atoms with E-state index in [4.69, 9.17) is 4.74 Å². The number of imidazole rings is 1. The van der Waals surface area contributed by atoms with Gasteiger partial charge in [-0.25, -0.2) is 14.4 Å². The van der Waals surface area contributed by atoms with Crippen LogP contribution in [0.25, 0.3) is 44.5 Å². The van der Waals surface area contributed by atoms with E-state index in [2.05, 4.69) is 25.1 Å². The fourth-order valence-corrected chi connectivity index (χ4v) is 5.92. The molecule has 9 heteroatoms. The topological polar surface area (TPSA) is 117 Å². The van der Waals surface area contributed by atoms with E-state index in [1.54, 1.807) is 24.5 Å². The average Bonchev–Trinajstić information content (AvgIpc) is 3.54. The minimum Gasteiger partial charge on any atom is -0.481 e. The Hall–Kier alpha value is -4.27. The number of halogens is 1. The second-order valence-electron chi connectivity index (χ2n) is 10.4. The summed E-state index contributed by atoms with van der Waals surface area (Å²) < 4.78 is 21.5. The van der Waals surface area contributed by atoms with Crippen molar-refractivity contribution < 1.29 is 19.0 Å². The van der Waals surface area contributed by atoms with Crippen molar-refractivity contribution in [2.24, 2.45) is 5.41 Å². The van der Waals surface area contributed by atoms with E-state index in [1.807, 2.05) is 24.3 Å². The van der Waals surface area contributed by atoms with E-state index in [0.29, 0.717) is 42.1 Å². The van der Waals surface area contributed by atoms with Gasteiger partial charge in [0.1, 0.15) is 17.2 Å². The number of rotatable bonds is 5. The Kier molecular flexibility index (Phi) is 4.67. The van der Waals surface area contributed by atoms with Crippen LogP contribution in [0.15, 0.2) is 54.9 Å². The Morgan fingerprint density at radius 2 is 1.73 bits per heavy atom. The van der Waals surface area contributed by atoms with Crippen LogP contribution in [0.1, 0.15) is 38.5 Å². The molecular weight excluding hydrogens is 473 g/mol. The number of benzene rings is 2. The number of H-pyrrole nitrogens is 2. The summed E-state index contributed by atoms with van der Waals surface area (Å²) >= 11 is 0. The van der Waals surface area contributed by atoms with Gasteiger partial charge in [-0.2, -0.15) is 5.10 Å². The van der Waals surface area contributed by atoms with E-state index in [9.17, 15) is 9.90 Å². The van der Waals surface area contributed by atoms with Crippen LogP contribution < -0.4 is 4.74 Å². The van der Waals surface area contributed by atoms with Crippen molar-refractivity contribution in [2.45, 2.75) is 44.1 Å². The Bertz CT molecular complexity index is 1600. The van der Waals surface area contributed by atoms with Gasteiger partial charge >= 0.3 is 5.97 Å². The van der Waals surface area contributed by atoms with Crippen molar-refractivity contribution in [2.75, 3.05) is 0 Å². The zero-order chi connectivity index (χ0) is 25.2. The monoisotopic (exact) mass is 497 g/mol. The van der Waals surface area contributed by atoms with Gasteiger partial charge in [0, 0.05) is 23.2 Å². The van der Waals surface area contributed by atoms with E-state index in [0.717, 1.165) is 46.8 Å². The molecule has 3 fully saturated rings. The molecule has 0 atom stereocenters. The van der Waals surface area contributed by atoms with Gasteiger partial charge in [-0.15, -0.1) is 0 Å². The number of carbonyl (C=O) groups is 1. The van der Waals surface area contributed by atoms with Crippen LogP contribution >= 0.6 is 0 Å². The molecule has 0 amide bonds. The SMILES string of the molecule is O=C(O)C12CCC(Oc3ccc(-c4ccc(-c5nc6cc7cn[nH]c7cc6[nH]5)c(F)c4)cn3)(CC1)CC2. The Balaban J connectivity index is 1.10. The predicted molar refractivity (Wildman–Crippen MR) is 136 cm³/mol. The highest BCUT2D eigenvalue weighted by Gasteiger charge is 2.54. The number of nitrogens with one attached hydrogen (secondary N) is 2. The standard InChI is InChI=1S/C28H24FN5O3/c29-20-11-16(1-3-19(20)25-32-22-12-18-15-31-34-21(18)13-23(22)33-25)17-2-4-24(30-14-17)37-28-8-5-27(6-9-28,7-10-28)26(35)36/h1-4,11-15H,5-10H2,(H,31,34)(H,32,33)(H,35,36). The summed E-state index contributed by atoms with van der Waals surface area (Å²) in [7, 11) is 0. The quantitative estimate of drug-likeness (QED) is 0.280. The number of pyridine rings is 1. The first-order valence-electron chi connectivity index (χ1n) is 12.4. The number of nitrogens with zero attached hydrogens (tertiary/aromatic N) is 3. The number of carboxylic acid groups (broad SMARTS) is 1. The number of aromatic nitrogens is 5. The molecule has 0 spiro atoms. The number of aromatic amines is 2. The van der Waals surface area contributed by atoms with Gasteiger partial charge in [-0.05, 0) is 74.4 Å².